The molecule has 0 bridgehead atoms. The second-order valence-electron chi connectivity index (χ2n) is 20.3. The smallest absolute Gasteiger partial charge is 0.550 e. The van der Waals surface area contributed by atoms with Crippen LogP contribution in [0.2, 0.25) is 0 Å². The van der Waals surface area contributed by atoms with Gasteiger partial charge in [-0.25, -0.2) is 8.42 Å². The molecule has 0 aromatic heterocycles. The number of sulfone groups is 1. The van der Waals surface area contributed by atoms with Gasteiger partial charge in [0, 0.05) is 49.7 Å². The fraction of sp³-hybridized carbons (Fsp3) is 0.841. The second kappa shape index (κ2) is 15.1. The van der Waals surface area contributed by atoms with Gasteiger partial charge >= 0.3 is 51.4 Å². The minimum atomic E-state index is -2.87. The SMILES string of the molecule is C=C(C)[C@@H]1CC[C@]2(NCCN3CCS(=O)(=O)CC3)CC[C@]3(C)C(CC[C@@H]4[C@]5(C)CC=C(C6=CCC(CCO)(C(=O)[O-])CC6)C(C)(C)[C@@H]5CC[C@]43C)[C@@H]12.[K+]. The molecule has 5 fully saturated rings. The van der Waals surface area contributed by atoms with E-state index in [0.717, 1.165) is 25.9 Å². The molecule has 0 amide bonds. The molecule has 0 radical (unpaired) electrons. The van der Waals surface area contributed by atoms with Gasteiger partial charge in [-0.3, -0.25) is 0 Å². The minimum Gasteiger partial charge on any atom is -0.550 e. The van der Waals surface area contributed by atoms with E-state index in [9.17, 15) is 23.4 Å². The van der Waals surface area contributed by atoms with Crippen LogP contribution in [0.1, 0.15) is 125 Å². The monoisotopic (exact) mass is 776 g/mol. The van der Waals surface area contributed by atoms with E-state index in [2.05, 4.69) is 70.5 Å². The molecule has 53 heavy (non-hydrogen) atoms. The van der Waals surface area contributed by atoms with Crippen LogP contribution in [0.4, 0.5) is 0 Å². The number of carbonyl (C=O) groups excluding carboxylic acids is 1. The second-order valence-corrected chi connectivity index (χ2v) is 22.6. The molecule has 2 N–H and O–H groups in total. The summed E-state index contributed by atoms with van der Waals surface area (Å²) in [6, 6.07) is 0. The molecular weight excluding hydrogens is 708 g/mol. The van der Waals surface area contributed by atoms with Crippen LogP contribution in [0.15, 0.2) is 35.5 Å². The summed E-state index contributed by atoms with van der Waals surface area (Å²) in [4.78, 5) is 14.5. The number of carboxylic acids is 1. The third-order valence-electron chi connectivity index (χ3n) is 18.0. The standard InChI is InChI=1S/C44H70N2O5S.K/c1-30(2)32-12-19-44(45-23-24-46-25-28-52(50,51)29-26-46)21-20-41(6)34(37(32)44)8-9-36-40(5)15-13-33(39(3,4)35(40)14-16-42(36,41)7)31-10-17-43(18-11-31,22-27-47)38(48)49;/h10,13,32,34-37,45,47H,1,8-9,11-12,14-29H2,2-7H3,(H,48,49);/q;+1/p-1/t32-,34?,35-,36+,37+,40+,41+,42+,43?,44-;/m0./s1. The first-order chi connectivity index (χ1) is 24.4. The number of allylic oxidation sites excluding steroid dienone is 5. The first-order valence-corrected chi connectivity index (χ1v) is 22.8. The van der Waals surface area contributed by atoms with Gasteiger partial charge in [0.1, 0.15) is 0 Å². The van der Waals surface area contributed by atoms with Crippen molar-refractivity contribution in [3.8, 4) is 0 Å². The van der Waals surface area contributed by atoms with Crippen LogP contribution >= 0.6 is 0 Å². The molecule has 1 saturated heterocycles. The minimum absolute atomic E-state index is 0. The van der Waals surface area contributed by atoms with Crippen LogP contribution in [0, 0.1) is 56.7 Å². The first-order valence-electron chi connectivity index (χ1n) is 20.9. The number of hydrogen-bond donors (Lipinski definition) is 2. The van der Waals surface area contributed by atoms with Gasteiger partial charge in [-0.1, -0.05) is 58.9 Å². The van der Waals surface area contributed by atoms with Gasteiger partial charge in [0.2, 0.25) is 0 Å². The summed E-state index contributed by atoms with van der Waals surface area (Å²) in [5.41, 5.74) is 4.09. The normalized spacial score (nSPS) is 44.5. The zero-order valence-corrected chi connectivity index (χ0v) is 38.3. The van der Waals surface area contributed by atoms with E-state index >= 15 is 0 Å². The molecule has 7 rings (SSSR count). The van der Waals surface area contributed by atoms with E-state index in [0.29, 0.717) is 67.0 Å². The van der Waals surface area contributed by atoms with Crippen molar-refractivity contribution < 1.29 is 74.8 Å². The van der Waals surface area contributed by atoms with Crippen molar-refractivity contribution >= 4 is 15.8 Å². The maximum atomic E-state index is 12.2. The average Bonchev–Trinajstić information content (AvgIpc) is 3.46. The van der Waals surface area contributed by atoms with Crippen molar-refractivity contribution in [1.82, 2.24) is 10.2 Å². The van der Waals surface area contributed by atoms with Crippen LogP contribution in [-0.4, -0.2) is 74.2 Å². The molecule has 0 aromatic carbocycles. The van der Waals surface area contributed by atoms with Crippen LogP contribution in [0.3, 0.4) is 0 Å². The number of nitrogens with one attached hydrogen (secondary N) is 1. The number of aliphatic hydroxyl groups excluding tert-OH is 1. The fourth-order valence-corrected chi connectivity index (χ4v) is 16.2. The summed E-state index contributed by atoms with van der Waals surface area (Å²) in [6.07, 6.45) is 17.9. The van der Waals surface area contributed by atoms with Crippen LogP contribution in [0.25, 0.3) is 0 Å². The Morgan fingerprint density at radius 1 is 0.943 bits per heavy atom. The van der Waals surface area contributed by atoms with Gasteiger partial charge in [0.25, 0.3) is 0 Å². The zero-order chi connectivity index (χ0) is 37.5. The Kier molecular flexibility index (Phi) is 12.2. The molecule has 1 aliphatic heterocycles. The van der Waals surface area contributed by atoms with Crippen molar-refractivity contribution in [2.75, 3.05) is 44.3 Å². The van der Waals surface area contributed by atoms with Gasteiger partial charge in [0.15, 0.2) is 9.84 Å². The van der Waals surface area contributed by atoms with Gasteiger partial charge in [-0.05, 0) is 153 Å². The van der Waals surface area contributed by atoms with E-state index < -0.39 is 21.2 Å². The molecule has 292 valence electrons. The number of nitrogens with zero attached hydrogens (tertiary/aromatic N) is 1. The summed E-state index contributed by atoms with van der Waals surface area (Å²) in [5.74, 6) is 2.62. The molecule has 0 spiro atoms. The predicted molar refractivity (Wildman–Crippen MR) is 207 cm³/mol. The van der Waals surface area contributed by atoms with E-state index in [1.54, 1.807) is 0 Å². The van der Waals surface area contributed by atoms with Crippen molar-refractivity contribution in [1.29, 1.82) is 0 Å². The van der Waals surface area contributed by atoms with E-state index in [1.165, 1.54) is 68.1 Å². The van der Waals surface area contributed by atoms with Gasteiger partial charge in [-0.2, -0.15) is 0 Å². The Balaban J connectivity index is 0.00000481. The molecule has 7 nitrogen and oxygen atoms in total. The van der Waals surface area contributed by atoms with Crippen molar-refractivity contribution in [2.24, 2.45) is 56.7 Å². The number of hydrogen-bond acceptors (Lipinski definition) is 7. The number of rotatable bonds is 9. The maximum Gasteiger partial charge on any atom is 1.00 e. The summed E-state index contributed by atoms with van der Waals surface area (Å²) in [7, 11) is -2.87. The maximum absolute atomic E-state index is 12.2. The predicted octanol–water partition coefficient (Wildman–Crippen LogP) is 3.49. The molecular formula is C44H69KN2O5S. The van der Waals surface area contributed by atoms with Gasteiger partial charge < -0.3 is 25.2 Å². The molecule has 10 atom stereocenters. The Hall–Kier alpha value is 0.156. The molecule has 0 aromatic rings. The zero-order valence-electron chi connectivity index (χ0n) is 34.3. The molecule has 4 saturated carbocycles. The molecule has 2 unspecified atom stereocenters. The molecule has 9 heteroatoms. The number of fused-ring (bicyclic) bond motifs is 7. The molecule has 7 aliphatic rings. The van der Waals surface area contributed by atoms with E-state index in [-0.39, 0.29) is 91.6 Å². The number of aliphatic carboxylic acids is 1. The largest absolute Gasteiger partial charge is 1.00 e. The fourth-order valence-electron chi connectivity index (χ4n) is 14.9. The van der Waals surface area contributed by atoms with Crippen molar-refractivity contribution in [3.05, 3.63) is 35.5 Å². The Labute approximate surface area is 364 Å². The van der Waals surface area contributed by atoms with Gasteiger partial charge in [-0.15, -0.1) is 0 Å². The van der Waals surface area contributed by atoms with Crippen molar-refractivity contribution in [3.63, 3.8) is 0 Å². The van der Waals surface area contributed by atoms with Crippen LogP contribution < -0.4 is 61.8 Å². The number of carboxylic acid groups (broad SMARTS) is 1. The van der Waals surface area contributed by atoms with Crippen molar-refractivity contribution in [2.45, 2.75) is 131 Å². The Morgan fingerprint density at radius 3 is 2.28 bits per heavy atom. The quantitative estimate of drug-likeness (QED) is 0.273. The number of aliphatic hydroxyl groups is 1. The van der Waals surface area contributed by atoms with Crippen LogP contribution in [0.5, 0.6) is 0 Å². The third-order valence-corrected chi connectivity index (χ3v) is 19.6. The summed E-state index contributed by atoms with van der Waals surface area (Å²) in [6.45, 7) is 22.9. The Bertz CT molecular complexity index is 1610. The van der Waals surface area contributed by atoms with Crippen LogP contribution in [-0.2, 0) is 14.6 Å². The van der Waals surface area contributed by atoms with E-state index in [4.69, 9.17) is 0 Å². The summed E-state index contributed by atoms with van der Waals surface area (Å²) >= 11 is 0. The summed E-state index contributed by atoms with van der Waals surface area (Å²) in [5, 5.41) is 26.0. The Morgan fingerprint density at radius 2 is 1.66 bits per heavy atom. The van der Waals surface area contributed by atoms with E-state index in [1.807, 2.05) is 0 Å². The van der Waals surface area contributed by atoms with Gasteiger partial charge in [0.05, 0.1) is 11.5 Å². The third kappa shape index (κ3) is 6.87. The number of carbonyl (C=O) groups is 1. The summed E-state index contributed by atoms with van der Waals surface area (Å²) < 4.78 is 24.1. The first kappa shape index (κ1) is 42.8. The average molecular weight is 777 g/mol. The molecule has 6 aliphatic carbocycles. The topological polar surface area (TPSA) is 110 Å². The molecule has 1 heterocycles.